The molecule has 0 saturated carbocycles. The Bertz CT molecular complexity index is 104. The minimum absolute atomic E-state index is 1.06. The molecule has 1 fully saturated rings. The lowest BCUT2D eigenvalue weighted by Gasteiger charge is -2.23. The third-order valence-electron chi connectivity index (χ3n) is 2.04. The fraction of sp³-hybridized carbons (Fsp3) is 0.778. The Kier molecular flexibility index (Phi) is 4.24. The van der Waals surface area contributed by atoms with Crippen LogP contribution >= 0.6 is 0 Å². The molecule has 0 aromatic carbocycles. The number of rotatable bonds is 2. The maximum atomic E-state index is 3.75. The van der Waals surface area contributed by atoms with Gasteiger partial charge in [-0.2, -0.15) is 0 Å². The predicted molar refractivity (Wildman–Crippen MR) is 48.7 cm³/mol. The van der Waals surface area contributed by atoms with Gasteiger partial charge >= 0.3 is 0 Å². The van der Waals surface area contributed by atoms with Crippen molar-refractivity contribution in [2.24, 2.45) is 0 Å². The molecule has 0 aromatic rings. The van der Waals surface area contributed by atoms with Gasteiger partial charge in [-0.3, -0.25) is 4.90 Å². The van der Waals surface area contributed by atoms with E-state index in [1.54, 1.807) is 0 Å². The second-order valence-corrected chi connectivity index (χ2v) is 3.05. The molecular weight excluding hydrogens is 136 g/mol. The molecule has 1 N–H and O–H groups in total. The molecule has 64 valence electrons. The fourth-order valence-corrected chi connectivity index (χ4v) is 1.46. The van der Waals surface area contributed by atoms with Gasteiger partial charge in [0, 0.05) is 6.54 Å². The molecule has 11 heavy (non-hydrogen) atoms. The van der Waals surface area contributed by atoms with Gasteiger partial charge in [0.25, 0.3) is 0 Å². The normalized spacial score (nSPS) is 22.2. The summed E-state index contributed by atoms with van der Waals surface area (Å²) in [5.74, 6) is 0. The van der Waals surface area contributed by atoms with Crippen LogP contribution in [0, 0.1) is 0 Å². The highest BCUT2D eigenvalue weighted by Crippen LogP contribution is 1.96. The first-order valence-corrected chi connectivity index (χ1v) is 4.47. The first-order chi connectivity index (χ1) is 5.43. The summed E-state index contributed by atoms with van der Waals surface area (Å²) in [6.07, 6.45) is 4.54. The minimum atomic E-state index is 1.06. The van der Waals surface area contributed by atoms with E-state index in [1.165, 1.54) is 39.0 Å². The molecule has 0 bridgehead atoms. The summed E-state index contributed by atoms with van der Waals surface area (Å²) < 4.78 is 0. The van der Waals surface area contributed by atoms with Crippen LogP contribution in [-0.2, 0) is 0 Å². The minimum Gasteiger partial charge on any atom is -0.317 e. The van der Waals surface area contributed by atoms with Crippen LogP contribution < -0.4 is 5.32 Å². The summed E-state index contributed by atoms with van der Waals surface area (Å²) in [6.45, 7) is 9.60. The van der Waals surface area contributed by atoms with Crippen LogP contribution in [0.15, 0.2) is 12.7 Å². The molecule has 1 saturated heterocycles. The Balaban J connectivity index is 2.20. The first-order valence-electron chi connectivity index (χ1n) is 4.47. The summed E-state index contributed by atoms with van der Waals surface area (Å²) in [4.78, 5) is 2.47. The van der Waals surface area contributed by atoms with E-state index in [2.05, 4.69) is 16.8 Å². The van der Waals surface area contributed by atoms with Gasteiger partial charge in [0.2, 0.25) is 0 Å². The molecule has 0 amide bonds. The first kappa shape index (κ1) is 8.75. The van der Waals surface area contributed by atoms with E-state index in [0.29, 0.717) is 0 Å². The van der Waals surface area contributed by atoms with E-state index in [9.17, 15) is 0 Å². The lowest BCUT2D eigenvalue weighted by molar-refractivity contribution is 0.277. The molecule has 0 aliphatic carbocycles. The molecule has 1 aliphatic rings. The van der Waals surface area contributed by atoms with Gasteiger partial charge in [-0.1, -0.05) is 6.08 Å². The van der Waals surface area contributed by atoms with Crippen molar-refractivity contribution < 1.29 is 0 Å². The van der Waals surface area contributed by atoms with E-state index in [1.807, 2.05) is 6.08 Å². The fourth-order valence-electron chi connectivity index (χ4n) is 1.46. The van der Waals surface area contributed by atoms with Crippen LogP contribution in [0.5, 0.6) is 0 Å². The summed E-state index contributed by atoms with van der Waals surface area (Å²) in [5, 5.41) is 3.40. The average molecular weight is 154 g/mol. The Morgan fingerprint density at radius 1 is 1.27 bits per heavy atom. The van der Waals surface area contributed by atoms with E-state index in [-0.39, 0.29) is 0 Å². The third kappa shape index (κ3) is 3.54. The van der Waals surface area contributed by atoms with Crippen LogP contribution in [-0.4, -0.2) is 37.6 Å². The number of hydrogen-bond donors (Lipinski definition) is 1. The van der Waals surface area contributed by atoms with Gasteiger partial charge in [-0.25, -0.2) is 0 Å². The smallest absolute Gasteiger partial charge is 0.0160 e. The highest BCUT2D eigenvalue weighted by molar-refractivity contribution is 4.74. The highest BCUT2D eigenvalue weighted by Gasteiger charge is 2.04. The summed E-state index contributed by atoms with van der Waals surface area (Å²) >= 11 is 0. The second-order valence-electron chi connectivity index (χ2n) is 3.05. The summed E-state index contributed by atoms with van der Waals surface area (Å²) in [6, 6.07) is 0. The molecule has 0 spiro atoms. The molecule has 0 radical (unpaired) electrons. The van der Waals surface area contributed by atoms with E-state index in [0.717, 1.165) is 6.54 Å². The monoisotopic (exact) mass is 154 g/mol. The quantitative estimate of drug-likeness (QED) is 0.593. The van der Waals surface area contributed by atoms with Crippen LogP contribution in [0.25, 0.3) is 0 Å². The van der Waals surface area contributed by atoms with Crippen molar-refractivity contribution in [2.45, 2.75) is 12.8 Å². The standard InChI is InChI=1S/C9H18N2/c1-2-7-11-8-3-5-10-6-4-9-11/h2,10H,1,3-9H2. The second kappa shape index (κ2) is 5.33. The summed E-state index contributed by atoms with van der Waals surface area (Å²) in [5.41, 5.74) is 0. The zero-order valence-corrected chi connectivity index (χ0v) is 7.18. The van der Waals surface area contributed by atoms with Crippen LogP contribution in [0.4, 0.5) is 0 Å². The molecule has 2 heteroatoms. The SMILES string of the molecule is C=CCN1CCCNCCC1. The van der Waals surface area contributed by atoms with Gasteiger partial charge in [-0.15, -0.1) is 6.58 Å². The van der Waals surface area contributed by atoms with Gasteiger partial charge in [-0.05, 0) is 39.0 Å². The zero-order chi connectivity index (χ0) is 7.94. The van der Waals surface area contributed by atoms with E-state index >= 15 is 0 Å². The molecular formula is C9H18N2. The molecule has 0 aromatic heterocycles. The maximum Gasteiger partial charge on any atom is 0.0160 e. The van der Waals surface area contributed by atoms with Crippen molar-refractivity contribution in [3.63, 3.8) is 0 Å². The van der Waals surface area contributed by atoms with E-state index in [4.69, 9.17) is 0 Å². The van der Waals surface area contributed by atoms with Crippen LogP contribution in [0.3, 0.4) is 0 Å². The lowest BCUT2D eigenvalue weighted by Crippen LogP contribution is -2.33. The highest BCUT2D eigenvalue weighted by atomic mass is 15.1. The number of hydrogen-bond acceptors (Lipinski definition) is 2. The molecule has 1 rings (SSSR count). The van der Waals surface area contributed by atoms with Gasteiger partial charge in [0.05, 0.1) is 0 Å². The van der Waals surface area contributed by atoms with Crippen molar-refractivity contribution in [2.75, 3.05) is 32.7 Å². The van der Waals surface area contributed by atoms with Gasteiger partial charge in [0.1, 0.15) is 0 Å². The van der Waals surface area contributed by atoms with Crippen LogP contribution in [0.1, 0.15) is 12.8 Å². The lowest BCUT2D eigenvalue weighted by atomic mass is 10.3. The Morgan fingerprint density at radius 3 is 2.45 bits per heavy atom. The topological polar surface area (TPSA) is 15.3 Å². The number of nitrogens with zero attached hydrogens (tertiary/aromatic N) is 1. The molecule has 1 aliphatic heterocycles. The third-order valence-corrected chi connectivity index (χ3v) is 2.04. The van der Waals surface area contributed by atoms with Crippen molar-refractivity contribution in [3.05, 3.63) is 12.7 Å². The molecule has 0 unspecified atom stereocenters. The van der Waals surface area contributed by atoms with Gasteiger partial charge < -0.3 is 5.32 Å². The van der Waals surface area contributed by atoms with E-state index < -0.39 is 0 Å². The Morgan fingerprint density at radius 2 is 1.91 bits per heavy atom. The Labute approximate surface area is 69.3 Å². The van der Waals surface area contributed by atoms with Crippen molar-refractivity contribution in [1.82, 2.24) is 10.2 Å². The number of nitrogens with one attached hydrogen (secondary N) is 1. The van der Waals surface area contributed by atoms with Crippen molar-refractivity contribution in [3.8, 4) is 0 Å². The summed E-state index contributed by atoms with van der Waals surface area (Å²) in [7, 11) is 0. The average Bonchev–Trinajstić information content (AvgIpc) is 1.94. The zero-order valence-electron chi connectivity index (χ0n) is 7.18. The molecule has 1 heterocycles. The Hall–Kier alpha value is -0.340. The van der Waals surface area contributed by atoms with Crippen molar-refractivity contribution in [1.29, 1.82) is 0 Å². The maximum absolute atomic E-state index is 3.75. The van der Waals surface area contributed by atoms with Crippen molar-refractivity contribution >= 4 is 0 Å². The largest absolute Gasteiger partial charge is 0.317 e. The van der Waals surface area contributed by atoms with Crippen LogP contribution in [0.2, 0.25) is 0 Å². The predicted octanol–water partition coefficient (Wildman–Crippen LogP) is 0.858. The van der Waals surface area contributed by atoms with Gasteiger partial charge in [0.15, 0.2) is 0 Å². The molecule has 2 nitrogen and oxygen atoms in total. The molecule has 0 atom stereocenters.